The number of nitrogens with zero attached hydrogens (tertiary/aromatic N) is 4. The van der Waals surface area contributed by atoms with Gasteiger partial charge in [-0.3, -0.25) is 14.7 Å². The average molecular weight is 550 g/mol. The maximum atomic E-state index is 13.3. The summed E-state index contributed by atoms with van der Waals surface area (Å²) in [7, 11) is 0. The molecule has 0 bridgehead atoms. The van der Waals surface area contributed by atoms with Gasteiger partial charge in [0.15, 0.2) is 0 Å². The number of rotatable bonds is 9. The number of carbonyl (C=O) groups excluding carboxylic acids is 1. The lowest BCUT2D eigenvalue weighted by Crippen LogP contribution is -2.34. The minimum Gasteiger partial charge on any atom is -0.465 e. The molecule has 38 heavy (non-hydrogen) atoms. The number of fused-ring (bicyclic) bond motifs is 2. The Balaban J connectivity index is 1.38. The van der Waals surface area contributed by atoms with E-state index >= 15 is 0 Å². The number of hydrogen-bond acceptors (Lipinski definition) is 7. The second-order valence-corrected chi connectivity index (χ2v) is 11.7. The first-order valence-corrected chi connectivity index (χ1v) is 14.5. The molecule has 2 amide bonds. The summed E-state index contributed by atoms with van der Waals surface area (Å²) in [6.45, 7) is 6.56. The van der Waals surface area contributed by atoms with Gasteiger partial charge in [0, 0.05) is 48.7 Å². The van der Waals surface area contributed by atoms with Crippen molar-refractivity contribution in [3.05, 3.63) is 64.8 Å². The number of thiophene rings is 1. The van der Waals surface area contributed by atoms with Gasteiger partial charge in [-0.1, -0.05) is 37.3 Å². The first-order valence-electron chi connectivity index (χ1n) is 12.8. The number of hydrogen-bond donors (Lipinski definition) is 2. The molecule has 8 nitrogen and oxygen atoms in total. The number of carboxylic acid groups (broad SMARTS) is 1. The highest BCUT2D eigenvalue weighted by atomic mass is 32.1. The minimum absolute atomic E-state index is 0.0518. The maximum absolute atomic E-state index is 13.3. The molecule has 2 N–H and O–H groups in total. The Kier molecular flexibility index (Phi) is 8.01. The monoisotopic (exact) mass is 549 g/mol. The molecule has 0 radical (unpaired) electrons. The lowest BCUT2D eigenvalue weighted by Gasteiger charge is -2.28. The summed E-state index contributed by atoms with van der Waals surface area (Å²) < 4.78 is 1.03. The molecule has 1 atom stereocenters. The van der Waals surface area contributed by atoms with Crippen LogP contribution in [0.2, 0.25) is 0 Å². The van der Waals surface area contributed by atoms with Crippen LogP contribution in [0.5, 0.6) is 0 Å². The van der Waals surface area contributed by atoms with Gasteiger partial charge < -0.3 is 15.3 Å². The van der Waals surface area contributed by atoms with Gasteiger partial charge in [0.1, 0.15) is 15.5 Å². The lowest BCUT2D eigenvalue weighted by molar-refractivity contribution is -0.116. The number of nitrogens with one attached hydrogen (secondary N) is 1. The summed E-state index contributed by atoms with van der Waals surface area (Å²) in [4.78, 5) is 38.6. The molecule has 10 heteroatoms. The number of aromatic nitrogens is 2. The Labute approximate surface area is 230 Å². The molecule has 0 unspecified atom stereocenters. The van der Waals surface area contributed by atoms with E-state index in [0.29, 0.717) is 38.5 Å². The highest BCUT2D eigenvalue weighted by molar-refractivity contribution is 7.22. The standard InChI is InChI=1S/C28H31N5O3S2/c1-3-18(2)32(16-19-7-5-4-6-8-19)14-11-24(34)31-27-25(26-30-21-15-29-12-9-22(21)37-26)20-10-13-33(28(35)36)17-23(20)38-27/h4-9,12,15,18H,3,10-11,13-14,16-17H2,1-2H3,(H,31,34)(H,35,36)/t18-/m0/s1. The fraction of sp³-hybridized carbons (Fsp3) is 0.357. The van der Waals surface area contributed by atoms with Crippen molar-refractivity contribution >= 4 is 49.9 Å². The molecular weight excluding hydrogens is 518 g/mol. The van der Waals surface area contributed by atoms with Crippen LogP contribution >= 0.6 is 22.7 Å². The number of carbonyl (C=O) groups is 2. The van der Waals surface area contributed by atoms with Crippen molar-refractivity contribution in [2.75, 3.05) is 18.4 Å². The van der Waals surface area contributed by atoms with Gasteiger partial charge in [-0.05, 0) is 37.0 Å². The van der Waals surface area contributed by atoms with Crippen LogP contribution in [-0.4, -0.2) is 56.0 Å². The largest absolute Gasteiger partial charge is 0.465 e. The van der Waals surface area contributed by atoms with Crippen LogP contribution in [0.3, 0.4) is 0 Å². The lowest BCUT2D eigenvalue weighted by atomic mass is 10.0. The summed E-state index contributed by atoms with van der Waals surface area (Å²) in [6.07, 6.45) is 4.53. The Morgan fingerprint density at radius 2 is 2.03 bits per heavy atom. The van der Waals surface area contributed by atoms with Gasteiger partial charge in [0.05, 0.1) is 17.4 Å². The molecule has 0 saturated heterocycles. The fourth-order valence-electron chi connectivity index (χ4n) is 4.73. The second-order valence-electron chi connectivity index (χ2n) is 9.54. The fourth-order valence-corrected chi connectivity index (χ4v) is 7.09. The molecule has 4 heterocycles. The molecule has 1 aromatic carbocycles. The SMILES string of the molecule is CC[C@H](C)N(CCC(=O)Nc1sc2c(c1-c1nc3cnccc3s1)CCN(C(=O)O)C2)Cc1ccccc1. The number of anilines is 1. The first-order chi connectivity index (χ1) is 18.4. The van der Waals surface area contributed by atoms with Crippen LogP contribution in [0.1, 0.15) is 42.7 Å². The second kappa shape index (κ2) is 11.6. The third-order valence-electron chi connectivity index (χ3n) is 7.05. The average Bonchev–Trinajstić information content (AvgIpc) is 3.51. The van der Waals surface area contributed by atoms with Crippen molar-refractivity contribution in [2.45, 2.75) is 52.2 Å². The van der Waals surface area contributed by atoms with Crippen LogP contribution in [0.15, 0.2) is 48.8 Å². The van der Waals surface area contributed by atoms with Crippen molar-refractivity contribution in [2.24, 2.45) is 0 Å². The summed E-state index contributed by atoms with van der Waals surface area (Å²) >= 11 is 3.03. The van der Waals surface area contributed by atoms with Crippen molar-refractivity contribution in [1.82, 2.24) is 19.8 Å². The smallest absolute Gasteiger partial charge is 0.407 e. The Morgan fingerprint density at radius 3 is 2.76 bits per heavy atom. The highest BCUT2D eigenvalue weighted by Gasteiger charge is 2.29. The predicted molar refractivity (Wildman–Crippen MR) is 153 cm³/mol. The molecule has 0 saturated carbocycles. The quantitative estimate of drug-likeness (QED) is 0.262. The minimum atomic E-state index is -0.925. The van der Waals surface area contributed by atoms with Crippen LogP contribution in [0.4, 0.5) is 9.80 Å². The van der Waals surface area contributed by atoms with Crippen LogP contribution in [-0.2, 0) is 24.3 Å². The Hall–Kier alpha value is -3.34. The van der Waals surface area contributed by atoms with Crippen LogP contribution in [0, 0.1) is 0 Å². The van der Waals surface area contributed by atoms with Gasteiger partial charge in [0.2, 0.25) is 5.91 Å². The first kappa shape index (κ1) is 26.3. The van der Waals surface area contributed by atoms with Crippen molar-refractivity contribution in [1.29, 1.82) is 0 Å². The summed E-state index contributed by atoms with van der Waals surface area (Å²) in [5, 5.41) is 14.3. The van der Waals surface area contributed by atoms with Crippen LogP contribution in [0.25, 0.3) is 20.8 Å². The normalized spacial score (nSPS) is 14.0. The molecule has 1 aliphatic heterocycles. The molecule has 4 aromatic rings. The maximum Gasteiger partial charge on any atom is 0.407 e. The van der Waals surface area contributed by atoms with E-state index in [2.05, 4.69) is 41.2 Å². The number of benzene rings is 1. The van der Waals surface area contributed by atoms with E-state index in [4.69, 9.17) is 4.98 Å². The summed E-state index contributed by atoms with van der Waals surface area (Å²) in [6, 6.07) is 12.6. The molecule has 198 valence electrons. The predicted octanol–water partition coefficient (Wildman–Crippen LogP) is 6.09. The van der Waals surface area contributed by atoms with E-state index in [1.54, 1.807) is 23.7 Å². The van der Waals surface area contributed by atoms with Gasteiger partial charge in [-0.25, -0.2) is 9.78 Å². The Morgan fingerprint density at radius 1 is 1.21 bits per heavy atom. The highest BCUT2D eigenvalue weighted by Crippen LogP contribution is 2.45. The zero-order chi connectivity index (χ0) is 26.6. The molecule has 1 aliphatic rings. The van der Waals surface area contributed by atoms with Gasteiger partial charge in [0.25, 0.3) is 0 Å². The van der Waals surface area contributed by atoms with E-state index in [1.165, 1.54) is 21.8 Å². The van der Waals surface area contributed by atoms with E-state index < -0.39 is 6.09 Å². The van der Waals surface area contributed by atoms with Crippen molar-refractivity contribution in [3.63, 3.8) is 0 Å². The Bertz CT molecular complexity index is 1400. The van der Waals surface area contributed by atoms with E-state index in [0.717, 1.165) is 49.2 Å². The molecular formula is C28H31N5O3S2. The van der Waals surface area contributed by atoms with Gasteiger partial charge in [-0.2, -0.15) is 0 Å². The number of thiazole rings is 1. The molecule has 0 aliphatic carbocycles. The van der Waals surface area contributed by atoms with E-state index in [-0.39, 0.29) is 5.91 Å². The van der Waals surface area contributed by atoms with Gasteiger partial charge >= 0.3 is 6.09 Å². The molecule has 0 spiro atoms. The van der Waals surface area contributed by atoms with Crippen LogP contribution < -0.4 is 5.32 Å². The summed E-state index contributed by atoms with van der Waals surface area (Å²) in [5.41, 5.74) is 4.06. The third-order valence-corrected chi connectivity index (χ3v) is 9.24. The molecule has 3 aromatic heterocycles. The zero-order valence-electron chi connectivity index (χ0n) is 21.5. The van der Waals surface area contributed by atoms with Crippen molar-refractivity contribution in [3.8, 4) is 10.6 Å². The summed E-state index contributed by atoms with van der Waals surface area (Å²) in [5.74, 6) is -0.0518. The van der Waals surface area contributed by atoms with Crippen molar-refractivity contribution < 1.29 is 14.7 Å². The third kappa shape index (κ3) is 5.72. The molecule has 5 rings (SSSR count). The molecule has 0 fully saturated rings. The number of pyridine rings is 1. The topological polar surface area (TPSA) is 98.7 Å². The zero-order valence-corrected chi connectivity index (χ0v) is 23.1. The van der Waals surface area contributed by atoms with E-state index in [1.807, 2.05) is 24.3 Å². The van der Waals surface area contributed by atoms with E-state index in [9.17, 15) is 14.7 Å². The van der Waals surface area contributed by atoms with Gasteiger partial charge in [-0.15, -0.1) is 22.7 Å². The number of amides is 2.